The van der Waals surface area contributed by atoms with Crippen molar-refractivity contribution >= 4 is 10.9 Å². The summed E-state index contributed by atoms with van der Waals surface area (Å²) in [5.41, 5.74) is 0.274. The molecule has 20 heavy (non-hydrogen) atoms. The topological polar surface area (TPSA) is 80.9 Å². The van der Waals surface area contributed by atoms with Crippen LogP contribution in [0.4, 0.5) is 0 Å². The summed E-state index contributed by atoms with van der Waals surface area (Å²) < 4.78 is 11.7. The smallest absolute Gasteiger partial charge is 0.254 e. The van der Waals surface area contributed by atoms with E-state index in [0.717, 1.165) is 5.39 Å². The highest BCUT2D eigenvalue weighted by molar-refractivity contribution is 5.86. The van der Waals surface area contributed by atoms with Crippen molar-refractivity contribution in [2.75, 3.05) is 20.8 Å². The summed E-state index contributed by atoms with van der Waals surface area (Å²) in [5, 5.41) is 19.3. The van der Waals surface area contributed by atoms with Crippen LogP contribution in [0, 0.1) is 0 Å². The van der Waals surface area contributed by atoms with Crippen LogP contribution in [0.3, 0.4) is 0 Å². The predicted octanol–water partition coefficient (Wildman–Crippen LogP) is 0.372. The van der Waals surface area contributed by atoms with Crippen LogP contribution in [0.1, 0.15) is 0 Å². The van der Waals surface area contributed by atoms with E-state index in [9.17, 15) is 9.90 Å². The number of aliphatic hydroxyl groups is 2. The highest BCUT2D eigenvalue weighted by atomic mass is 16.5. The lowest BCUT2D eigenvalue weighted by molar-refractivity contribution is 0.0814. The zero-order valence-electron chi connectivity index (χ0n) is 11.4. The third-order valence-corrected chi connectivity index (χ3v) is 3.11. The van der Waals surface area contributed by atoms with Gasteiger partial charge >= 0.3 is 0 Å². The second-order valence-corrected chi connectivity index (χ2v) is 4.38. The molecule has 0 saturated carbocycles. The monoisotopic (exact) mass is 279 g/mol. The Morgan fingerprint density at radius 3 is 2.60 bits per heavy atom. The molecule has 6 nitrogen and oxygen atoms in total. The van der Waals surface area contributed by atoms with Crippen LogP contribution < -0.4 is 15.0 Å². The molecule has 0 fully saturated rings. The summed E-state index contributed by atoms with van der Waals surface area (Å²) in [6.45, 7) is -0.410. The molecule has 2 rings (SSSR count). The fraction of sp³-hybridized carbons (Fsp3) is 0.357. The van der Waals surface area contributed by atoms with Crippen LogP contribution in [-0.2, 0) is 6.54 Å². The Labute approximate surface area is 115 Å². The summed E-state index contributed by atoms with van der Waals surface area (Å²) in [6.07, 6.45) is -1.00. The lowest BCUT2D eigenvalue weighted by atomic mass is 10.1. The number of hydrogen-bond acceptors (Lipinski definition) is 5. The van der Waals surface area contributed by atoms with Crippen molar-refractivity contribution in [3.05, 3.63) is 34.6 Å². The normalized spacial score (nSPS) is 12.4. The first-order valence-corrected chi connectivity index (χ1v) is 6.15. The molecule has 2 aromatic rings. The quantitative estimate of drug-likeness (QED) is 0.826. The maximum absolute atomic E-state index is 12.1. The van der Waals surface area contributed by atoms with Gasteiger partial charge in [0.05, 0.1) is 39.0 Å². The number of ether oxygens (including phenoxy) is 2. The van der Waals surface area contributed by atoms with Crippen molar-refractivity contribution in [1.82, 2.24) is 4.57 Å². The van der Waals surface area contributed by atoms with E-state index in [1.165, 1.54) is 24.9 Å². The first-order valence-electron chi connectivity index (χ1n) is 6.15. The van der Waals surface area contributed by atoms with Crippen molar-refractivity contribution in [1.29, 1.82) is 0 Å². The van der Waals surface area contributed by atoms with E-state index in [-0.39, 0.29) is 12.1 Å². The highest BCUT2D eigenvalue weighted by Crippen LogP contribution is 2.27. The highest BCUT2D eigenvalue weighted by Gasteiger charge is 2.13. The Morgan fingerprint density at radius 2 is 2.00 bits per heavy atom. The van der Waals surface area contributed by atoms with Gasteiger partial charge in [-0.2, -0.15) is 0 Å². The SMILES string of the molecule is COc1ccc2c(OC)cc(=O)n(CC(O)CO)c2c1. The number of nitrogens with zero attached hydrogens (tertiary/aromatic N) is 1. The lowest BCUT2D eigenvalue weighted by Gasteiger charge is -2.15. The minimum atomic E-state index is -1.00. The Bertz CT molecular complexity index is 664. The summed E-state index contributed by atoms with van der Waals surface area (Å²) in [6, 6.07) is 6.61. The lowest BCUT2D eigenvalue weighted by Crippen LogP contribution is -2.28. The Balaban J connectivity index is 2.71. The van der Waals surface area contributed by atoms with Crippen molar-refractivity contribution in [3.8, 4) is 11.5 Å². The summed E-state index contributed by atoms with van der Waals surface area (Å²) in [4.78, 5) is 12.1. The van der Waals surface area contributed by atoms with E-state index in [4.69, 9.17) is 14.6 Å². The summed E-state index contributed by atoms with van der Waals surface area (Å²) in [5.74, 6) is 1.06. The molecule has 0 aliphatic heterocycles. The third kappa shape index (κ3) is 2.61. The predicted molar refractivity (Wildman–Crippen MR) is 74.4 cm³/mol. The van der Waals surface area contributed by atoms with Gasteiger partial charge in [-0.3, -0.25) is 4.79 Å². The number of fused-ring (bicyclic) bond motifs is 1. The van der Waals surface area contributed by atoms with E-state index in [0.29, 0.717) is 17.0 Å². The number of hydrogen-bond donors (Lipinski definition) is 2. The van der Waals surface area contributed by atoms with Gasteiger partial charge < -0.3 is 24.3 Å². The van der Waals surface area contributed by atoms with E-state index in [1.54, 1.807) is 18.2 Å². The van der Waals surface area contributed by atoms with Gasteiger partial charge in [0.1, 0.15) is 11.5 Å². The molecular weight excluding hydrogens is 262 g/mol. The number of aromatic nitrogens is 1. The Kier molecular flexibility index (Phi) is 4.26. The van der Waals surface area contributed by atoms with Gasteiger partial charge in [0.25, 0.3) is 5.56 Å². The summed E-state index contributed by atoms with van der Waals surface area (Å²) in [7, 11) is 3.03. The van der Waals surface area contributed by atoms with E-state index >= 15 is 0 Å². The van der Waals surface area contributed by atoms with Crippen LogP contribution in [0.15, 0.2) is 29.1 Å². The van der Waals surface area contributed by atoms with Crippen LogP contribution in [0.5, 0.6) is 11.5 Å². The van der Waals surface area contributed by atoms with Crippen LogP contribution in [0.2, 0.25) is 0 Å². The minimum absolute atomic E-state index is 0.00297. The van der Waals surface area contributed by atoms with Crippen molar-refractivity contribution in [3.63, 3.8) is 0 Å². The van der Waals surface area contributed by atoms with E-state index < -0.39 is 12.7 Å². The largest absolute Gasteiger partial charge is 0.497 e. The Morgan fingerprint density at radius 1 is 1.25 bits per heavy atom. The molecule has 0 aliphatic carbocycles. The zero-order valence-corrected chi connectivity index (χ0v) is 11.4. The summed E-state index contributed by atoms with van der Waals surface area (Å²) >= 11 is 0. The average Bonchev–Trinajstić information content (AvgIpc) is 2.48. The van der Waals surface area contributed by atoms with Gasteiger partial charge in [-0.25, -0.2) is 0 Å². The standard InChI is InChI=1S/C14H17NO5/c1-19-10-3-4-11-12(5-10)15(7-9(17)8-16)14(18)6-13(11)20-2/h3-6,9,16-17H,7-8H2,1-2H3. The molecule has 0 bridgehead atoms. The van der Waals surface area contributed by atoms with Gasteiger partial charge in [-0.15, -0.1) is 0 Å². The van der Waals surface area contributed by atoms with Crippen LogP contribution in [-0.4, -0.2) is 41.7 Å². The van der Waals surface area contributed by atoms with E-state index in [2.05, 4.69) is 0 Å². The van der Waals surface area contributed by atoms with Crippen molar-refractivity contribution in [2.45, 2.75) is 12.6 Å². The average molecular weight is 279 g/mol. The second kappa shape index (κ2) is 5.94. The van der Waals surface area contributed by atoms with Gasteiger partial charge in [0.2, 0.25) is 0 Å². The third-order valence-electron chi connectivity index (χ3n) is 3.11. The van der Waals surface area contributed by atoms with Gasteiger partial charge in [-0.05, 0) is 12.1 Å². The molecule has 1 heterocycles. The first-order chi connectivity index (χ1) is 9.60. The van der Waals surface area contributed by atoms with Gasteiger partial charge in [0.15, 0.2) is 0 Å². The van der Waals surface area contributed by atoms with Gasteiger partial charge in [0, 0.05) is 17.5 Å². The minimum Gasteiger partial charge on any atom is -0.497 e. The number of benzene rings is 1. The van der Waals surface area contributed by atoms with Crippen LogP contribution >= 0.6 is 0 Å². The number of aliphatic hydroxyl groups excluding tert-OH is 2. The maximum atomic E-state index is 12.1. The van der Waals surface area contributed by atoms with Crippen LogP contribution in [0.25, 0.3) is 10.9 Å². The van der Waals surface area contributed by atoms with Gasteiger partial charge in [-0.1, -0.05) is 0 Å². The molecule has 1 aromatic heterocycles. The number of rotatable bonds is 5. The zero-order chi connectivity index (χ0) is 14.7. The fourth-order valence-electron chi connectivity index (χ4n) is 2.08. The molecule has 1 unspecified atom stereocenters. The Hall–Kier alpha value is -2.05. The second-order valence-electron chi connectivity index (χ2n) is 4.38. The molecule has 1 atom stereocenters. The molecule has 108 valence electrons. The molecule has 0 amide bonds. The molecule has 0 aliphatic rings. The molecule has 2 N–H and O–H groups in total. The fourth-order valence-corrected chi connectivity index (χ4v) is 2.08. The van der Waals surface area contributed by atoms with Crippen molar-refractivity contribution < 1.29 is 19.7 Å². The number of methoxy groups -OCH3 is 2. The molecule has 1 aromatic carbocycles. The molecule has 6 heteroatoms. The molecular formula is C14H17NO5. The molecule has 0 saturated heterocycles. The first kappa shape index (κ1) is 14.4. The maximum Gasteiger partial charge on any atom is 0.254 e. The number of pyridine rings is 1. The van der Waals surface area contributed by atoms with E-state index in [1.807, 2.05) is 0 Å². The van der Waals surface area contributed by atoms with Crippen molar-refractivity contribution in [2.24, 2.45) is 0 Å². The molecule has 0 spiro atoms. The molecule has 0 radical (unpaired) electrons.